The molecule has 0 fully saturated rings. The maximum atomic E-state index is 11.6. The van der Waals surface area contributed by atoms with Crippen LogP contribution in [0.5, 0.6) is 0 Å². The van der Waals surface area contributed by atoms with Gasteiger partial charge in [-0.15, -0.1) is 0 Å². The molecular weight excluding hydrogens is 208 g/mol. The van der Waals surface area contributed by atoms with Crippen molar-refractivity contribution >= 4 is 11.8 Å². The molecule has 90 valence electrons. The van der Waals surface area contributed by atoms with Gasteiger partial charge in [-0.2, -0.15) is 5.10 Å². The molecule has 1 aromatic rings. The number of amides is 2. The molecule has 0 atom stereocenters. The van der Waals surface area contributed by atoms with Crippen LogP contribution >= 0.6 is 0 Å². The van der Waals surface area contributed by atoms with Gasteiger partial charge < -0.3 is 4.90 Å². The molecule has 0 aromatic carbocycles. The van der Waals surface area contributed by atoms with Crippen LogP contribution in [-0.2, 0) is 7.05 Å². The van der Waals surface area contributed by atoms with Crippen LogP contribution in [0.4, 0.5) is 10.6 Å². The fourth-order valence-electron chi connectivity index (χ4n) is 1.21. The molecule has 0 spiro atoms. The Balaban J connectivity index is 0.00000256. The van der Waals surface area contributed by atoms with Crippen LogP contribution in [0.3, 0.4) is 0 Å². The zero-order chi connectivity index (χ0) is 12.1. The van der Waals surface area contributed by atoms with Gasteiger partial charge in [0.15, 0.2) is 5.82 Å². The third-order valence-corrected chi connectivity index (χ3v) is 2.10. The SMILES string of the molecule is CCCN(C)C(=O)Nc1ccc(=O)n(C)n1.[HH]. The summed E-state index contributed by atoms with van der Waals surface area (Å²) < 4.78 is 1.18. The van der Waals surface area contributed by atoms with Gasteiger partial charge in [0.1, 0.15) is 0 Å². The number of hydrogen-bond acceptors (Lipinski definition) is 3. The number of hydrogen-bond donors (Lipinski definition) is 1. The Bertz CT molecular complexity index is 433. The molecule has 0 aliphatic rings. The van der Waals surface area contributed by atoms with E-state index in [1.807, 2.05) is 6.92 Å². The predicted molar refractivity (Wildman–Crippen MR) is 63.5 cm³/mol. The fourth-order valence-corrected chi connectivity index (χ4v) is 1.21. The van der Waals surface area contributed by atoms with E-state index in [2.05, 4.69) is 10.4 Å². The van der Waals surface area contributed by atoms with Gasteiger partial charge in [-0.05, 0) is 12.5 Å². The second kappa shape index (κ2) is 5.29. The lowest BCUT2D eigenvalue weighted by molar-refractivity contribution is 0.222. The second-order valence-corrected chi connectivity index (χ2v) is 3.53. The standard InChI is InChI=1S/C10H16N4O2.H2/c1-4-7-13(2)10(16)11-8-5-6-9(15)14(3)12-8;/h5-6H,4,7H2,1-3H3,(H,11,12,16);1H. The molecule has 2 amide bonds. The minimum atomic E-state index is -0.229. The summed E-state index contributed by atoms with van der Waals surface area (Å²) in [6, 6.07) is 2.62. The lowest BCUT2D eigenvalue weighted by Gasteiger charge is -2.16. The van der Waals surface area contributed by atoms with Crippen molar-refractivity contribution in [1.29, 1.82) is 0 Å². The molecule has 1 heterocycles. The average molecular weight is 226 g/mol. The fraction of sp³-hybridized carbons (Fsp3) is 0.500. The van der Waals surface area contributed by atoms with Gasteiger partial charge in [-0.1, -0.05) is 6.92 Å². The number of carbonyl (C=O) groups is 1. The highest BCUT2D eigenvalue weighted by atomic mass is 16.2. The van der Waals surface area contributed by atoms with E-state index in [1.165, 1.54) is 23.9 Å². The summed E-state index contributed by atoms with van der Waals surface area (Å²) in [5.41, 5.74) is -0.208. The minimum absolute atomic E-state index is 0. The van der Waals surface area contributed by atoms with Crippen LogP contribution in [0.1, 0.15) is 14.8 Å². The zero-order valence-electron chi connectivity index (χ0n) is 9.73. The number of nitrogens with one attached hydrogen (secondary N) is 1. The highest BCUT2D eigenvalue weighted by molar-refractivity contribution is 5.87. The smallest absolute Gasteiger partial charge is 0.322 e. The van der Waals surface area contributed by atoms with Crippen LogP contribution in [0.2, 0.25) is 0 Å². The van der Waals surface area contributed by atoms with Crippen molar-refractivity contribution in [2.24, 2.45) is 7.05 Å². The Morgan fingerprint density at radius 3 is 2.88 bits per heavy atom. The number of rotatable bonds is 3. The molecule has 0 unspecified atom stereocenters. The number of anilines is 1. The Morgan fingerprint density at radius 1 is 1.62 bits per heavy atom. The number of aromatic nitrogens is 2. The molecule has 0 aliphatic carbocycles. The summed E-state index contributed by atoms with van der Waals surface area (Å²) in [4.78, 5) is 24.2. The largest absolute Gasteiger partial charge is 0.328 e. The van der Waals surface area contributed by atoms with Gasteiger partial charge in [0.2, 0.25) is 0 Å². The van der Waals surface area contributed by atoms with E-state index in [0.717, 1.165) is 6.42 Å². The predicted octanol–water partition coefficient (Wildman–Crippen LogP) is 0.900. The molecule has 1 aromatic heterocycles. The first-order valence-electron chi connectivity index (χ1n) is 5.11. The van der Waals surface area contributed by atoms with E-state index in [4.69, 9.17) is 0 Å². The lowest BCUT2D eigenvalue weighted by atomic mass is 10.4. The van der Waals surface area contributed by atoms with E-state index in [0.29, 0.717) is 12.4 Å². The molecule has 6 nitrogen and oxygen atoms in total. The van der Waals surface area contributed by atoms with Gasteiger partial charge >= 0.3 is 6.03 Å². The topological polar surface area (TPSA) is 67.2 Å². The van der Waals surface area contributed by atoms with E-state index >= 15 is 0 Å². The quantitative estimate of drug-likeness (QED) is 0.832. The summed E-state index contributed by atoms with van der Waals surface area (Å²) >= 11 is 0. The Morgan fingerprint density at radius 2 is 2.31 bits per heavy atom. The zero-order valence-corrected chi connectivity index (χ0v) is 9.73. The molecule has 0 aliphatic heterocycles. The van der Waals surface area contributed by atoms with E-state index in [9.17, 15) is 9.59 Å². The number of aryl methyl sites for hydroxylation is 1. The molecular formula is C10H18N4O2. The molecule has 16 heavy (non-hydrogen) atoms. The number of urea groups is 1. The molecule has 0 saturated heterocycles. The molecule has 6 heteroatoms. The van der Waals surface area contributed by atoms with E-state index in [1.54, 1.807) is 11.9 Å². The van der Waals surface area contributed by atoms with Crippen LogP contribution in [0.15, 0.2) is 16.9 Å². The van der Waals surface area contributed by atoms with E-state index in [-0.39, 0.29) is 13.0 Å². The monoisotopic (exact) mass is 226 g/mol. The molecule has 0 radical (unpaired) electrons. The average Bonchev–Trinajstić information content (AvgIpc) is 2.24. The third kappa shape index (κ3) is 3.08. The summed E-state index contributed by atoms with van der Waals surface area (Å²) in [5.74, 6) is 0.370. The van der Waals surface area contributed by atoms with Crippen molar-refractivity contribution in [3.8, 4) is 0 Å². The molecule has 0 bridgehead atoms. The van der Waals surface area contributed by atoms with Crippen LogP contribution < -0.4 is 10.9 Å². The van der Waals surface area contributed by atoms with Gasteiger partial charge in [0.25, 0.3) is 5.56 Å². The van der Waals surface area contributed by atoms with Crippen molar-refractivity contribution < 1.29 is 6.22 Å². The van der Waals surface area contributed by atoms with Gasteiger partial charge in [-0.3, -0.25) is 10.1 Å². The summed E-state index contributed by atoms with van der Waals surface area (Å²) in [5, 5.41) is 6.51. The maximum absolute atomic E-state index is 11.6. The van der Waals surface area contributed by atoms with Crippen molar-refractivity contribution in [3.63, 3.8) is 0 Å². The summed E-state index contributed by atoms with van der Waals surface area (Å²) in [6.45, 7) is 2.67. The van der Waals surface area contributed by atoms with Gasteiger partial charge in [0, 0.05) is 28.1 Å². The van der Waals surface area contributed by atoms with Gasteiger partial charge in [0.05, 0.1) is 0 Å². The first kappa shape index (κ1) is 12.2. The Hall–Kier alpha value is -1.85. The maximum Gasteiger partial charge on any atom is 0.322 e. The molecule has 1 rings (SSSR count). The van der Waals surface area contributed by atoms with Crippen LogP contribution in [-0.4, -0.2) is 34.3 Å². The van der Waals surface area contributed by atoms with Crippen LogP contribution in [0, 0.1) is 0 Å². The van der Waals surface area contributed by atoms with Crippen molar-refractivity contribution in [1.82, 2.24) is 14.7 Å². The summed E-state index contributed by atoms with van der Waals surface area (Å²) in [7, 11) is 3.24. The number of carbonyl (C=O) groups excluding carboxylic acids is 1. The van der Waals surface area contributed by atoms with Crippen molar-refractivity contribution in [2.75, 3.05) is 18.9 Å². The molecule has 1 N–H and O–H groups in total. The lowest BCUT2D eigenvalue weighted by Crippen LogP contribution is -2.33. The van der Waals surface area contributed by atoms with Crippen molar-refractivity contribution in [2.45, 2.75) is 13.3 Å². The van der Waals surface area contributed by atoms with Crippen molar-refractivity contribution in [3.05, 3.63) is 22.5 Å². The normalized spacial score (nSPS) is 9.94. The second-order valence-electron chi connectivity index (χ2n) is 3.53. The van der Waals surface area contributed by atoms with Crippen LogP contribution in [0.25, 0.3) is 0 Å². The highest BCUT2D eigenvalue weighted by Crippen LogP contribution is 1.99. The number of nitrogens with zero attached hydrogens (tertiary/aromatic N) is 3. The van der Waals surface area contributed by atoms with Gasteiger partial charge in [-0.25, -0.2) is 9.48 Å². The van der Waals surface area contributed by atoms with E-state index < -0.39 is 0 Å². The minimum Gasteiger partial charge on any atom is -0.328 e. The third-order valence-electron chi connectivity index (χ3n) is 2.10. The molecule has 0 saturated carbocycles. The first-order chi connectivity index (χ1) is 7.54. The highest BCUT2D eigenvalue weighted by Gasteiger charge is 2.08. The summed E-state index contributed by atoms with van der Waals surface area (Å²) in [6.07, 6.45) is 0.893. The Labute approximate surface area is 95.4 Å². The Kier molecular flexibility index (Phi) is 4.04. The first-order valence-corrected chi connectivity index (χ1v) is 5.11.